The first-order chi connectivity index (χ1) is 9.93. The van der Waals surface area contributed by atoms with Gasteiger partial charge in [0.2, 0.25) is 0 Å². The maximum absolute atomic E-state index is 8.52. The molecule has 0 spiro atoms. The van der Waals surface area contributed by atoms with Gasteiger partial charge in [-0.1, -0.05) is 57.2 Å². The standard InChI is InChI=1S/C14H22O2.2Na.H2O4S/c1-2-3-4-5-6-10-13-15-16-14-11-8-7-9-12-14;;;1-5(2,3)4/h7-9,11-12H,2-6,10,13H2,1H3;;;(H2,1,2,3,4)/q;2*+1;/p-2. The van der Waals surface area contributed by atoms with Gasteiger partial charge in [0.05, 0.1) is 6.61 Å². The summed E-state index contributed by atoms with van der Waals surface area (Å²) in [6.45, 7) is 2.91. The average molecular weight is 364 g/mol. The van der Waals surface area contributed by atoms with E-state index < -0.39 is 10.4 Å². The maximum Gasteiger partial charge on any atom is 1.00 e. The van der Waals surface area contributed by atoms with Gasteiger partial charge < -0.3 is 14.0 Å². The summed E-state index contributed by atoms with van der Waals surface area (Å²) < 4.78 is 34.1. The van der Waals surface area contributed by atoms with Gasteiger partial charge in [0.25, 0.3) is 0 Å². The van der Waals surface area contributed by atoms with Crippen LogP contribution in [0.3, 0.4) is 0 Å². The molecule has 9 heteroatoms. The predicted molar refractivity (Wildman–Crippen MR) is 76.9 cm³/mol. The van der Waals surface area contributed by atoms with Crippen molar-refractivity contribution >= 4 is 10.4 Å². The molecule has 122 valence electrons. The fraction of sp³-hybridized carbons (Fsp3) is 0.571. The third-order valence-electron chi connectivity index (χ3n) is 2.48. The molecule has 0 bridgehead atoms. The molecule has 0 radical (unpaired) electrons. The molecule has 23 heavy (non-hydrogen) atoms. The van der Waals surface area contributed by atoms with E-state index >= 15 is 0 Å². The molecule has 0 N–H and O–H groups in total. The Bertz CT molecular complexity index is 434. The molecule has 0 saturated carbocycles. The molecular formula is C14H22Na2O6S. The van der Waals surface area contributed by atoms with E-state index in [9.17, 15) is 0 Å². The van der Waals surface area contributed by atoms with Gasteiger partial charge in [0.1, 0.15) is 0 Å². The van der Waals surface area contributed by atoms with Crippen molar-refractivity contribution in [1.82, 2.24) is 0 Å². The van der Waals surface area contributed by atoms with Crippen LogP contribution >= 0.6 is 0 Å². The first-order valence-corrected chi connectivity index (χ1v) is 8.28. The van der Waals surface area contributed by atoms with Gasteiger partial charge in [0.15, 0.2) is 5.75 Å². The van der Waals surface area contributed by atoms with Crippen molar-refractivity contribution in [1.29, 1.82) is 0 Å². The van der Waals surface area contributed by atoms with E-state index in [2.05, 4.69) is 6.92 Å². The van der Waals surface area contributed by atoms with Gasteiger partial charge in [-0.15, -0.1) is 0 Å². The summed E-state index contributed by atoms with van der Waals surface area (Å²) in [5.74, 6) is 0.772. The summed E-state index contributed by atoms with van der Waals surface area (Å²) in [5.41, 5.74) is 0. The molecule has 0 heterocycles. The van der Waals surface area contributed by atoms with Crippen LogP contribution in [-0.4, -0.2) is 24.1 Å². The first-order valence-electron chi connectivity index (χ1n) is 6.94. The van der Waals surface area contributed by atoms with Crippen molar-refractivity contribution in [3.05, 3.63) is 30.3 Å². The SMILES string of the molecule is CCCCCCCCOOc1ccccc1.O=S(=O)([O-])[O-].[Na+].[Na+]. The van der Waals surface area contributed by atoms with Crippen molar-refractivity contribution in [2.75, 3.05) is 6.61 Å². The Morgan fingerprint density at radius 1 is 0.913 bits per heavy atom. The minimum atomic E-state index is -5.17. The molecule has 0 saturated heterocycles. The molecule has 0 fully saturated rings. The summed E-state index contributed by atoms with van der Waals surface area (Å²) in [6.07, 6.45) is 7.61. The van der Waals surface area contributed by atoms with Crippen LogP contribution in [0.4, 0.5) is 0 Å². The Hall–Kier alpha value is 0.850. The summed E-state index contributed by atoms with van der Waals surface area (Å²) in [5, 5.41) is 0. The molecular weight excluding hydrogens is 342 g/mol. The topological polar surface area (TPSA) is 98.7 Å². The smallest absolute Gasteiger partial charge is 0.759 e. The Balaban J connectivity index is -0.000000502. The largest absolute Gasteiger partial charge is 1.00 e. The summed E-state index contributed by atoms with van der Waals surface area (Å²) in [6, 6.07) is 9.61. The van der Waals surface area contributed by atoms with Crippen molar-refractivity contribution < 1.29 is 86.4 Å². The van der Waals surface area contributed by atoms with Gasteiger partial charge in [-0.25, -0.2) is 0 Å². The Morgan fingerprint density at radius 2 is 1.39 bits per heavy atom. The molecule has 0 aliphatic carbocycles. The van der Waals surface area contributed by atoms with E-state index in [0.29, 0.717) is 6.61 Å². The van der Waals surface area contributed by atoms with E-state index in [-0.39, 0.29) is 59.1 Å². The molecule has 6 nitrogen and oxygen atoms in total. The molecule has 0 amide bonds. The second kappa shape index (κ2) is 19.2. The first kappa shape index (κ1) is 28.6. The van der Waals surface area contributed by atoms with E-state index in [1.807, 2.05) is 30.3 Å². The normalized spacial score (nSPS) is 9.70. The molecule has 0 atom stereocenters. The zero-order chi connectivity index (χ0) is 16.0. The number of benzene rings is 1. The number of hydrogen-bond donors (Lipinski definition) is 0. The molecule has 1 aromatic rings. The molecule has 0 aliphatic heterocycles. The minimum Gasteiger partial charge on any atom is -0.759 e. The van der Waals surface area contributed by atoms with Crippen LogP contribution in [0.2, 0.25) is 0 Å². The van der Waals surface area contributed by atoms with Gasteiger partial charge in [-0.3, -0.25) is 8.42 Å². The molecule has 0 aliphatic rings. The molecule has 0 aromatic heterocycles. The number of para-hydroxylation sites is 1. The van der Waals surface area contributed by atoms with Gasteiger partial charge in [0, 0.05) is 10.4 Å². The van der Waals surface area contributed by atoms with E-state index in [0.717, 1.165) is 12.2 Å². The minimum absolute atomic E-state index is 0. The van der Waals surface area contributed by atoms with Crippen LogP contribution in [0.5, 0.6) is 5.75 Å². The maximum atomic E-state index is 8.52. The van der Waals surface area contributed by atoms with E-state index in [4.69, 9.17) is 27.3 Å². The van der Waals surface area contributed by atoms with Crippen LogP contribution < -0.4 is 64.0 Å². The van der Waals surface area contributed by atoms with E-state index in [1.54, 1.807) is 0 Å². The zero-order valence-corrected chi connectivity index (χ0v) is 19.0. The Kier molecular flexibility index (Phi) is 23.9. The fourth-order valence-corrected chi connectivity index (χ4v) is 1.53. The van der Waals surface area contributed by atoms with Crippen molar-refractivity contribution in [3.8, 4) is 5.75 Å². The second-order valence-electron chi connectivity index (χ2n) is 4.39. The van der Waals surface area contributed by atoms with Gasteiger partial charge in [-0.05, 0) is 18.6 Å². The third-order valence-corrected chi connectivity index (χ3v) is 2.48. The van der Waals surface area contributed by atoms with Crippen LogP contribution in [0.25, 0.3) is 0 Å². The predicted octanol–water partition coefficient (Wildman–Crippen LogP) is -2.97. The second-order valence-corrected chi connectivity index (χ2v) is 5.21. The van der Waals surface area contributed by atoms with Crippen molar-refractivity contribution in [2.45, 2.75) is 45.4 Å². The van der Waals surface area contributed by atoms with Gasteiger partial charge in [-0.2, -0.15) is 4.89 Å². The van der Waals surface area contributed by atoms with Crippen molar-refractivity contribution in [3.63, 3.8) is 0 Å². The van der Waals surface area contributed by atoms with Gasteiger partial charge >= 0.3 is 59.1 Å². The Labute approximate surface area is 183 Å². The third kappa shape index (κ3) is 28.0. The van der Waals surface area contributed by atoms with Crippen LogP contribution in [0.1, 0.15) is 45.4 Å². The zero-order valence-electron chi connectivity index (χ0n) is 14.2. The molecule has 0 unspecified atom stereocenters. The van der Waals surface area contributed by atoms with Crippen molar-refractivity contribution in [2.24, 2.45) is 0 Å². The number of unbranched alkanes of at least 4 members (excludes halogenated alkanes) is 5. The average Bonchev–Trinajstić information content (AvgIpc) is 2.41. The van der Waals surface area contributed by atoms with Crippen LogP contribution in [-0.2, 0) is 15.3 Å². The van der Waals surface area contributed by atoms with Crippen LogP contribution in [0, 0.1) is 0 Å². The summed E-state index contributed by atoms with van der Waals surface area (Å²) >= 11 is 0. The number of hydrogen-bond acceptors (Lipinski definition) is 6. The van der Waals surface area contributed by atoms with E-state index in [1.165, 1.54) is 32.1 Å². The summed E-state index contributed by atoms with van der Waals surface area (Å²) in [7, 11) is -5.17. The summed E-state index contributed by atoms with van der Waals surface area (Å²) in [4.78, 5) is 10.3. The quantitative estimate of drug-likeness (QED) is 0.116. The monoisotopic (exact) mass is 364 g/mol. The number of rotatable bonds is 9. The molecule has 1 rings (SSSR count). The molecule has 1 aromatic carbocycles. The Morgan fingerprint density at radius 3 is 1.91 bits per heavy atom. The fourth-order valence-electron chi connectivity index (χ4n) is 1.53. The van der Waals surface area contributed by atoms with Crippen LogP contribution in [0.15, 0.2) is 30.3 Å².